The fraction of sp³-hybridized carbons (Fsp3) is 0.0500. The van der Waals surface area contributed by atoms with E-state index in [1.165, 1.54) is 40.3 Å². The van der Waals surface area contributed by atoms with E-state index < -0.39 is 11.7 Å². The maximum atomic E-state index is 14.3. The molecule has 10 heteroatoms. The molecule has 0 aliphatic carbocycles. The zero-order valence-corrected chi connectivity index (χ0v) is 16.5. The topological polar surface area (TPSA) is 102 Å². The van der Waals surface area contributed by atoms with Crippen molar-refractivity contribution in [3.8, 4) is 5.69 Å². The third-order valence-electron chi connectivity index (χ3n) is 4.20. The van der Waals surface area contributed by atoms with Crippen molar-refractivity contribution in [1.82, 2.24) is 20.2 Å². The molecule has 0 saturated carbocycles. The molecule has 0 radical (unpaired) electrons. The first-order valence-electron chi connectivity index (χ1n) is 8.82. The van der Waals surface area contributed by atoms with Crippen molar-refractivity contribution in [2.75, 3.05) is 10.6 Å². The van der Waals surface area contributed by atoms with Crippen LogP contribution in [0.15, 0.2) is 60.0 Å². The van der Waals surface area contributed by atoms with Crippen molar-refractivity contribution in [3.63, 3.8) is 0 Å². The number of nitrogens with one attached hydrogen (secondary N) is 2. The zero-order valence-electron chi connectivity index (χ0n) is 15.7. The number of anilines is 2. The van der Waals surface area contributed by atoms with E-state index in [2.05, 4.69) is 26.2 Å². The van der Waals surface area contributed by atoms with E-state index in [9.17, 15) is 14.0 Å². The van der Waals surface area contributed by atoms with E-state index >= 15 is 0 Å². The summed E-state index contributed by atoms with van der Waals surface area (Å²) >= 11 is 1.32. The predicted molar refractivity (Wildman–Crippen MR) is 111 cm³/mol. The van der Waals surface area contributed by atoms with Gasteiger partial charge in [0.05, 0.1) is 16.3 Å². The highest BCUT2D eigenvalue weighted by Gasteiger charge is 2.14. The smallest absolute Gasteiger partial charge is 0.265 e. The summed E-state index contributed by atoms with van der Waals surface area (Å²) in [6, 6.07) is 14.1. The highest BCUT2D eigenvalue weighted by Crippen LogP contribution is 2.21. The highest BCUT2D eigenvalue weighted by atomic mass is 32.1. The Morgan fingerprint density at radius 3 is 2.63 bits per heavy atom. The van der Waals surface area contributed by atoms with Crippen molar-refractivity contribution in [1.29, 1.82) is 0 Å². The van der Waals surface area contributed by atoms with Gasteiger partial charge in [-0.05, 0) is 65.2 Å². The first-order chi connectivity index (χ1) is 14.5. The van der Waals surface area contributed by atoms with Gasteiger partial charge in [-0.15, -0.1) is 16.4 Å². The van der Waals surface area contributed by atoms with Gasteiger partial charge in [0, 0.05) is 11.3 Å². The Hall–Kier alpha value is -3.92. The van der Waals surface area contributed by atoms with Gasteiger partial charge < -0.3 is 10.6 Å². The Bertz CT molecular complexity index is 1220. The summed E-state index contributed by atoms with van der Waals surface area (Å²) in [4.78, 5) is 25.4. The van der Waals surface area contributed by atoms with Gasteiger partial charge >= 0.3 is 0 Å². The van der Waals surface area contributed by atoms with E-state index in [-0.39, 0.29) is 17.2 Å². The van der Waals surface area contributed by atoms with Crippen LogP contribution in [0.1, 0.15) is 25.9 Å². The van der Waals surface area contributed by atoms with Gasteiger partial charge in [0.1, 0.15) is 5.82 Å². The average molecular weight is 422 g/mol. The number of tetrazole rings is 1. The molecule has 2 N–H and O–H groups in total. The van der Waals surface area contributed by atoms with Crippen molar-refractivity contribution < 1.29 is 14.0 Å². The third kappa shape index (κ3) is 4.08. The molecule has 0 atom stereocenters. The number of carbonyl (C=O) groups is 2. The molecule has 0 spiro atoms. The maximum absolute atomic E-state index is 14.3. The molecule has 4 rings (SSSR count). The van der Waals surface area contributed by atoms with Crippen LogP contribution in [0.4, 0.5) is 15.8 Å². The lowest BCUT2D eigenvalue weighted by Gasteiger charge is -2.10. The van der Waals surface area contributed by atoms with E-state index in [1.807, 2.05) is 0 Å². The van der Waals surface area contributed by atoms with Gasteiger partial charge in [0.15, 0.2) is 5.82 Å². The number of aromatic nitrogens is 4. The van der Waals surface area contributed by atoms with Crippen molar-refractivity contribution in [3.05, 3.63) is 82.1 Å². The lowest BCUT2D eigenvalue weighted by Crippen LogP contribution is -2.15. The molecule has 8 nitrogen and oxygen atoms in total. The number of benzene rings is 2. The van der Waals surface area contributed by atoms with E-state index in [0.29, 0.717) is 22.1 Å². The fourth-order valence-electron chi connectivity index (χ4n) is 2.74. The zero-order chi connectivity index (χ0) is 21.1. The van der Waals surface area contributed by atoms with Crippen LogP contribution in [0.2, 0.25) is 0 Å². The highest BCUT2D eigenvalue weighted by molar-refractivity contribution is 7.12. The maximum Gasteiger partial charge on any atom is 0.265 e. The first-order valence-corrected chi connectivity index (χ1v) is 9.70. The van der Waals surface area contributed by atoms with Gasteiger partial charge in [0.25, 0.3) is 11.8 Å². The second-order valence-electron chi connectivity index (χ2n) is 6.27. The van der Waals surface area contributed by atoms with Crippen LogP contribution < -0.4 is 10.6 Å². The average Bonchev–Trinajstić information content (AvgIpc) is 3.42. The minimum Gasteiger partial charge on any atom is -0.321 e. The second kappa shape index (κ2) is 8.21. The van der Waals surface area contributed by atoms with E-state index in [4.69, 9.17) is 0 Å². The van der Waals surface area contributed by atoms with Crippen LogP contribution in [-0.2, 0) is 0 Å². The van der Waals surface area contributed by atoms with Crippen LogP contribution in [0.25, 0.3) is 5.69 Å². The number of hydrogen-bond acceptors (Lipinski definition) is 6. The van der Waals surface area contributed by atoms with Gasteiger partial charge in [-0.1, -0.05) is 12.1 Å². The summed E-state index contributed by atoms with van der Waals surface area (Å²) in [7, 11) is 0. The van der Waals surface area contributed by atoms with Gasteiger partial charge in [-0.25, -0.2) is 4.39 Å². The van der Waals surface area contributed by atoms with E-state index in [0.717, 1.165) is 0 Å². The predicted octanol–water partition coefficient (Wildman–Crippen LogP) is 3.68. The number of amides is 2. The Morgan fingerprint density at radius 1 is 1.03 bits per heavy atom. The van der Waals surface area contributed by atoms with E-state index in [1.54, 1.807) is 42.6 Å². The quantitative estimate of drug-likeness (QED) is 0.511. The molecular weight excluding hydrogens is 407 g/mol. The number of thiophene rings is 1. The van der Waals surface area contributed by atoms with Gasteiger partial charge in [0.2, 0.25) is 0 Å². The molecule has 0 unspecified atom stereocenters. The number of halogens is 1. The molecule has 4 aromatic rings. The number of carbonyl (C=O) groups excluding carboxylic acids is 2. The minimum absolute atomic E-state index is 0.0135. The van der Waals surface area contributed by atoms with Crippen LogP contribution >= 0.6 is 11.3 Å². The Kier molecular flexibility index (Phi) is 5.31. The molecule has 0 fully saturated rings. The number of nitrogens with zero attached hydrogens (tertiary/aromatic N) is 4. The number of rotatable bonds is 5. The summed E-state index contributed by atoms with van der Waals surface area (Å²) in [5, 5.41) is 18.3. The summed E-state index contributed by atoms with van der Waals surface area (Å²) in [6.45, 7) is 1.71. The summed E-state index contributed by atoms with van der Waals surface area (Å²) in [5.41, 5.74) is 1.22. The monoisotopic (exact) mass is 422 g/mol. The standard InChI is InChI=1S/C20H15FN6O2S/c1-12-24-25-26-27(12)15-7-8-16(21)17(11-15)23-19(28)13-4-2-5-14(10-13)22-20(29)18-6-3-9-30-18/h2-11H,1H3,(H,22,29)(H,23,28). The molecule has 0 saturated heterocycles. The number of aryl methyl sites for hydroxylation is 1. The molecule has 150 valence electrons. The molecule has 0 aliphatic heterocycles. The van der Waals surface area contributed by atoms with Crippen LogP contribution in [0, 0.1) is 12.7 Å². The second-order valence-corrected chi connectivity index (χ2v) is 7.22. The molecule has 2 aromatic heterocycles. The molecule has 2 heterocycles. The normalized spacial score (nSPS) is 10.6. The first kappa shape index (κ1) is 19.4. The Labute approximate surface area is 174 Å². The molecule has 30 heavy (non-hydrogen) atoms. The fourth-order valence-corrected chi connectivity index (χ4v) is 3.36. The Balaban J connectivity index is 1.53. The minimum atomic E-state index is -0.597. The van der Waals surface area contributed by atoms with Gasteiger partial charge in [-0.2, -0.15) is 4.68 Å². The molecular formula is C20H15FN6O2S. The summed E-state index contributed by atoms with van der Waals surface area (Å²) < 4.78 is 15.7. The molecule has 0 bridgehead atoms. The van der Waals surface area contributed by atoms with Crippen LogP contribution in [-0.4, -0.2) is 32.0 Å². The SMILES string of the molecule is Cc1nnnn1-c1ccc(F)c(NC(=O)c2cccc(NC(=O)c3cccs3)c2)c1. The number of hydrogen-bond donors (Lipinski definition) is 2. The molecule has 2 amide bonds. The lowest BCUT2D eigenvalue weighted by atomic mass is 10.1. The molecule has 2 aromatic carbocycles. The molecule has 0 aliphatic rings. The largest absolute Gasteiger partial charge is 0.321 e. The summed E-state index contributed by atoms with van der Waals surface area (Å²) in [6.07, 6.45) is 0. The Morgan fingerprint density at radius 2 is 1.90 bits per heavy atom. The lowest BCUT2D eigenvalue weighted by molar-refractivity contribution is 0.101. The van der Waals surface area contributed by atoms with Crippen molar-refractivity contribution >= 4 is 34.5 Å². The third-order valence-corrected chi connectivity index (χ3v) is 5.06. The van der Waals surface area contributed by atoms with Crippen LogP contribution in [0.3, 0.4) is 0 Å². The van der Waals surface area contributed by atoms with Gasteiger partial charge in [-0.3, -0.25) is 9.59 Å². The van der Waals surface area contributed by atoms with Crippen LogP contribution in [0.5, 0.6) is 0 Å². The van der Waals surface area contributed by atoms with Crippen molar-refractivity contribution in [2.24, 2.45) is 0 Å². The summed E-state index contributed by atoms with van der Waals surface area (Å²) in [5.74, 6) is -0.863. The van der Waals surface area contributed by atoms with Crippen molar-refractivity contribution in [2.45, 2.75) is 6.92 Å².